The number of ether oxygens (including phenoxy) is 2. The molecule has 1 atom stereocenters. The second kappa shape index (κ2) is 6.82. The molecule has 2 rings (SSSR count). The van der Waals surface area contributed by atoms with Crippen molar-refractivity contribution in [2.45, 2.75) is 19.4 Å². The van der Waals surface area contributed by atoms with E-state index in [9.17, 15) is 9.18 Å². The number of alkyl carbamates (subject to hydrolysis) is 1. The molecule has 19 heavy (non-hydrogen) atoms. The van der Waals surface area contributed by atoms with Crippen molar-refractivity contribution in [1.29, 1.82) is 0 Å². The summed E-state index contributed by atoms with van der Waals surface area (Å²) < 4.78 is 23.7. The molecule has 0 unspecified atom stereocenters. The van der Waals surface area contributed by atoms with Crippen LogP contribution in [-0.4, -0.2) is 19.3 Å². The highest BCUT2D eigenvalue weighted by molar-refractivity contribution is 6.32. The lowest BCUT2D eigenvalue weighted by Crippen LogP contribution is -2.35. The number of cyclic esters (lactones) is 1. The molecule has 1 amide bonds. The van der Waals surface area contributed by atoms with Gasteiger partial charge in [0, 0.05) is 6.42 Å². The molecule has 0 saturated carbocycles. The molecule has 4 nitrogen and oxygen atoms in total. The Morgan fingerprint density at radius 2 is 2.32 bits per heavy atom. The maximum atomic E-state index is 13.8. The van der Waals surface area contributed by atoms with Crippen LogP contribution in [0.25, 0.3) is 0 Å². The molecule has 1 N–H and O–H groups in total. The van der Waals surface area contributed by atoms with Gasteiger partial charge in [0.15, 0.2) is 11.6 Å². The van der Waals surface area contributed by atoms with Gasteiger partial charge in [-0.3, -0.25) is 0 Å². The highest BCUT2D eigenvalue weighted by atomic mass is 35.5. The first kappa shape index (κ1) is 15.9. The first-order chi connectivity index (χ1) is 8.61. The molecule has 1 fully saturated rings. The van der Waals surface area contributed by atoms with E-state index in [4.69, 9.17) is 21.1 Å². The standard InChI is InChI=1S/C12H13ClFNO3.ClH/c1-2-17-11-8(13)5-7(6-9(11)14)10-3-4-18-12(16)15-10;/h5-6,10H,2-4H2,1H3,(H,15,16);1H/t10-;/m1./s1. The fourth-order valence-corrected chi connectivity index (χ4v) is 2.11. The Morgan fingerprint density at radius 1 is 1.58 bits per heavy atom. The topological polar surface area (TPSA) is 47.6 Å². The summed E-state index contributed by atoms with van der Waals surface area (Å²) in [7, 11) is 0. The minimum absolute atomic E-state index is 0. The van der Waals surface area contributed by atoms with E-state index in [2.05, 4.69) is 5.32 Å². The third kappa shape index (κ3) is 3.64. The van der Waals surface area contributed by atoms with Gasteiger partial charge in [0.2, 0.25) is 0 Å². The maximum absolute atomic E-state index is 13.8. The zero-order valence-electron chi connectivity index (χ0n) is 10.2. The molecular formula is C12H14Cl2FNO3. The van der Waals surface area contributed by atoms with Gasteiger partial charge in [0.25, 0.3) is 0 Å². The number of hydrogen-bond acceptors (Lipinski definition) is 3. The number of halogens is 3. The van der Waals surface area contributed by atoms with Gasteiger partial charge in [-0.2, -0.15) is 0 Å². The molecule has 0 bridgehead atoms. The Labute approximate surface area is 121 Å². The van der Waals surface area contributed by atoms with E-state index in [0.29, 0.717) is 25.2 Å². The molecule has 1 heterocycles. The molecule has 0 aliphatic carbocycles. The van der Waals surface area contributed by atoms with E-state index in [1.165, 1.54) is 6.07 Å². The van der Waals surface area contributed by atoms with Gasteiger partial charge in [-0.05, 0) is 24.6 Å². The first-order valence-electron chi connectivity index (χ1n) is 5.67. The third-order valence-electron chi connectivity index (χ3n) is 2.64. The van der Waals surface area contributed by atoms with Gasteiger partial charge in [-0.1, -0.05) is 11.6 Å². The van der Waals surface area contributed by atoms with Crippen molar-refractivity contribution in [3.8, 4) is 5.75 Å². The van der Waals surface area contributed by atoms with E-state index in [0.717, 1.165) is 0 Å². The fourth-order valence-electron chi connectivity index (χ4n) is 1.84. The maximum Gasteiger partial charge on any atom is 0.407 e. The zero-order chi connectivity index (χ0) is 13.1. The van der Waals surface area contributed by atoms with Crippen LogP contribution in [0.5, 0.6) is 5.75 Å². The summed E-state index contributed by atoms with van der Waals surface area (Å²) in [6.45, 7) is 2.40. The van der Waals surface area contributed by atoms with Crippen LogP contribution >= 0.6 is 24.0 Å². The summed E-state index contributed by atoms with van der Waals surface area (Å²) in [6, 6.07) is 2.65. The lowest BCUT2D eigenvalue weighted by molar-refractivity contribution is 0.115. The summed E-state index contributed by atoms with van der Waals surface area (Å²) in [4.78, 5) is 11.1. The van der Waals surface area contributed by atoms with E-state index in [-0.39, 0.29) is 29.2 Å². The van der Waals surface area contributed by atoms with Crippen LogP contribution in [0.1, 0.15) is 24.9 Å². The third-order valence-corrected chi connectivity index (χ3v) is 2.92. The average molecular weight is 310 g/mol. The summed E-state index contributed by atoms with van der Waals surface area (Å²) >= 11 is 5.96. The van der Waals surface area contributed by atoms with Gasteiger partial charge >= 0.3 is 6.09 Å². The number of hydrogen-bond donors (Lipinski definition) is 1. The molecule has 1 aromatic carbocycles. The SMILES string of the molecule is CCOc1c(F)cc([C@H]2CCOC(=O)N2)cc1Cl.Cl. The number of carbonyl (C=O) groups is 1. The monoisotopic (exact) mass is 309 g/mol. The molecule has 1 aliphatic heterocycles. The number of rotatable bonds is 3. The Bertz CT molecular complexity index is 447. The van der Waals surface area contributed by atoms with Crippen LogP contribution in [0.4, 0.5) is 9.18 Å². The normalized spacial score (nSPS) is 18.1. The van der Waals surface area contributed by atoms with Crippen molar-refractivity contribution < 1.29 is 18.7 Å². The number of amides is 1. The second-order valence-electron chi connectivity index (χ2n) is 3.87. The van der Waals surface area contributed by atoms with Gasteiger partial charge in [-0.15, -0.1) is 12.4 Å². The van der Waals surface area contributed by atoms with Gasteiger partial charge in [0.1, 0.15) is 0 Å². The van der Waals surface area contributed by atoms with Crippen LogP contribution in [0, 0.1) is 5.82 Å². The molecule has 1 aliphatic rings. The lowest BCUT2D eigenvalue weighted by atomic mass is 10.0. The lowest BCUT2D eigenvalue weighted by Gasteiger charge is -2.24. The quantitative estimate of drug-likeness (QED) is 0.930. The minimum atomic E-state index is -0.528. The Hall–Kier alpha value is -1.20. The van der Waals surface area contributed by atoms with E-state index < -0.39 is 11.9 Å². The summed E-state index contributed by atoms with van der Waals surface area (Å²) in [5, 5.41) is 2.81. The van der Waals surface area contributed by atoms with Gasteiger partial charge < -0.3 is 14.8 Å². The van der Waals surface area contributed by atoms with Crippen LogP contribution in [0.2, 0.25) is 5.02 Å². The summed E-state index contributed by atoms with van der Waals surface area (Å²) in [5.41, 5.74) is 0.609. The van der Waals surface area contributed by atoms with Crippen LogP contribution in [0.15, 0.2) is 12.1 Å². The first-order valence-corrected chi connectivity index (χ1v) is 6.04. The van der Waals surface area contributed by atoms with Crippen molar-refractivity contribution in [2.75, 3.05) is 13.2 Å². The molecule has 106 valence electrons. The fraction of sp³-hybridized carbons (Fsp3) is 0.417. The number of benzene rings is 1. The predicted octanol–water partition coefficient (Wildman–Crippen LogP) is 3.47. The zero-order valence-corrected chi connectivity index (χ0v) is 11.8. The predicted molar refractivity (Wildman–Crippen MR) is 71.7 cm³/mol. The van der Waals surface area contributed by atoms with Crippen molar-refractivity contribution in [2.24, 2.45) is 0 Å². The van der Waals surface area contributed by atoms with Crippen LogP contribution in [0.3, 0.4) is 0 Å². The van der Waals surface area contributed by atoms with Crippen molar-refractivity contribution in [3.05, 3.63) is 28.5 Å². The molecule has 1 saturated heterocycles. The Balaban J connectivity index is 0.00000180. The van der Waals surface area contributed by atoms with Gasteiger partial charge in [0.05, 0.1) is 24.3 Å². The van der Waals surface area contributed by atoms with E-state index in [1.54, 1.807) is 13.0 Å². The second-order valence-corrected chi connectivity index (χ2v) is 4.28. The molecule has 0 aromatic heterocycles. The molecule has 0 spiro atoms. The Morgan fingerprint density at radius 3 is 2.89 bits per heavy atom. The summed E-state index contributed by atoms with van der Waals surface area (Å²) in [6.07, 6.45) is 0.0758. The van der Waals surface area contributed by atoms with Crippen molar-refractivity contribution in [1.82, 2.24) is 5.32 Å². The smallest absolute Gasteiger partial charge is 0.407 e. The Kier molecular flexibility index (Phi) is 5.69. The molecule has 0 radical (unpaired) electrons. The van der Waals surface area contributed by atoms with Crippen molar-refractivity contribution >= 4 is 30.1 Å². The number of carbonyl (C=O) groups excluding carboxylic acids is 1. The van der Waals surface area contributed by atoms with Crippen LogP contribution in [-0.2, 0) is 4.74 Å². The summed E-state index contributed by atoms with van der Waals surface area (Å²) in [5.74, 6) is -0.485. The largest absolute Gasteiger partial charge is 0.489 e. The van der Waals surface area contributed by atoms with E-state index in [1.807, 2.05) is 0 Å². The molecular weight excluding hydrogens is 296 g/mol. The van der Waals surface area contributed by atoms with Crippen molar-refractivity contribution in [3.63, 3.8) is 0 Å². The number of nitrogens with one attached hydrogen (secondary N) is 1. The van der Waals surface area contributed by atoms with Gasteiger partial charge in [-0.25, -0.2) is 9.18 Å². The molecule has 7 heteroatoms. The highest BCUT2D eigenvalue weighted by Crippen LogP contribution is 2.32. The minimum Gasteiger partial charge on any atom is -0.489 e. The van der Waals surface area contributed by atoms with E-state index >= 15 is 0 Å². The average Bonchev–Trinajstić information content (AvgIpc) is 2.33. The molecule has 1 aromatic rings. The highest BCUT2D eigenvalue weighted by Gasteiger charge is 2.23. The van der Waals surface area contributed by atoms with Crippen LogP contribution < -0.4 is 10.1 Å².